The third kappa shape index (κ3) is 4.34. The lowest BCUT2D eigenvalue weighted by Gasteiger charge is -2.20. The Labute approximate surface area is 164 Å². The molecule has 148 valence electrons. The van der Waals surface area contributed by atoms with Gasteiger partial charge in [-0.3, -0.25) is 9.59 Å². The summed E-state index contributed by atoms with van der Waals surface area (Å²) in [5, 5.41) is 3.38. The molecule has 0 bridgehead atoms. The van der Waals surface area contributed by atoms with Crippen LogP contribution in [-0.2, 0) is 9.53 Å². The van der Waals surface area contributed by atoms with E-state index in [0.29, 0.717) is 21.0 Å². The van der Waals surface area contributed by atoms with Gasteiger partial charge in [-0.05, 0) is 45.1 Å². The molecule has 2 heterocycles. The Balaban J connectivity index is 1.88. The molecule has 1 aromatic heterocycles. The molecule has 1 aromatic rings. The number of rotatable bonds is 5. The summed E-state index contributed by atoms with van der Waals surface area (Å²) in [4.78, 5) is 40.4. The van der Waals surface area contributed by atoms with E-state index >= 15 is 0 Å². The molecule has 1 saturated heterocycles. The number of esters is 1. The number of carbonyl (C=O) groups is 3. The van der Waals surface area contributed by atoms with Gasteiger partial charge in [-0.1, -0.05) is 19.3 Å². The molecule has 1 aliphatic carbocycles. The van der Waals surface area contributed by atoms with Crippen molar-refractivity contribution in [3.63, 3.8) is 0 Å². The summed E-state index contributed by atoms with van der Waals surface area (Å²) in [6, 6.07) is 0. The third-order valence-electron chi connectivity index (χ3n) is 5.43. The minimum atomic E-state index is -0.481. The smallest absolute Gasteiger partial charge is 0.341 e. The van der Waals surface area contributed by atoms with Crippen molar-refractivity contribution in [2.24, 2.45) is 5.92 Å². The molecule has 0 aromatic carbocycles. The highest BCUT2D eigenvalue weighted by molar-refractivity contribution is 7.18. The Bertz CT molecular complexity index is 716. The number of nitrogens with one attached hydrogen (secondary N) is 1. The first kappa shape index (κ1) is 19.9. The Morgan fingerprint density at radius 2 is 1.78 bits per heavy atom. The number of ether oxygens (including phenoxy) is 1. The van der Waals surface area contributed by atoms with E-state index in [2.05, 4.69) is 5.32 Å². The van der Waals surface area contributed by atoms with E-state index < -0.39 is 5.97 Å². The zero-order valence-electron chi connectivity index (χ0n) is 16.1. The number of carbonyl (C=O) groups excluding carboxylic acids is 3. The third-order valence-corrected chi connectivity index (χ3v) is 6.62. The molecule has 6 nitrogen and oxygen atoms in total. The molecule has 0 unspecified atom stereocenters. The average Bonchev–Trinajstić information content (AvgIpc) is 3.30. The predicted octanol–water partition coefficient (Wildman–Crippen LogP) is 3.99. The molecule has 1 saturated carbocycles. The first-order valence-corrected chi connectivity index (χ1v) is 10.7. The minimum absolute atomic E-state index is 0.0195. The largest absolute Gasteiger partial charge is 0.462 e. The fourth-order valence-electron chi connectivity index (χ4n) is 3.90. The van der Waals surface area contributed by atoms with Crippen molar-refractivity contribution in [1.29, 1.82) is 0 Å². The van der Waals surface area contributed by atoms with Gasteiger partial charge in [-0.15, -0.1) is 11.3 Å². The average molecular weight is 393 g/mol. The number of likely N-dealkylation sites (tertiary alicyclic amines) is 1. The molecule has 27 heavy (non-hydrogen) atoms. The molecule has 2 aliphatic rings. The lowest BCUT2D eigenvalue weighted by atomic mass is 9.89. The number of thiophene rings is 1. The standard InChI is InChI=1S/C20H28N2O4S/c1-3-26-20(25)15-13(2)16(19(24)22-11-7-8-12-22)27-18(15)21-17(23)14-9-5-4-6-10-14/h14H,3-12H2,1-2H3,(H,21,23). The highest BCUT2D eigenvalue weighted by Gasteiger charge is 2.31. The van der Waals surface area contributed by atoms with Crippen molar-refractivity contribution in [3.05, 3.63) is 16.0 Å². The van der Waals surface area contributed by atoms with E-state index in [1.807, 2.05) is 4.90 Å². The molecule has 2 amide bonds. The molecular formula is C20H28N2O4S. The fraction of sp³-hybridized carbons (Fsp3) is 0.650. The quantitative estimate of drug-likeness (QED) is 0.769. The number of anilines is 1. The van der Waals surface area contributed by atoms with Crippen LogP contribution in [0.25, 0.3) is 0 Å². The van der Waals surface area contributed by atoms with Crippen molar-refractivity contribution in [3.8, 4) is 0 Å². The van der Waals surface area contributed by atoms with E-state index in [1.165, 1.54) is 17.8 Å². The zero-order chi connectivity index (χ0) is 19.4. The molecule has 0 atom stereocenters. The number of amides is 2. The summed E-state index contributed by atoms with van der Waals surface area (Å²) in [6.45, 7) is 5.25. The molecule has 3 rings (SSSR count). The molecule has 7 heteroatoms. The first-order chi connectivity index (χ1) is 13.0. The molecule has 2 fully saturated rings. The lowest BCUT2D eigenvalue weighted by Crippen LogP contribution is -2.27. The van der Waals surface area contributed by atoms with E-state index in [4.69, 9.17) is 4.74 Å². The van der Waals surface area contributed by atoms with Crippen LogP contribution >= 0.6 is 11.3 Å². The van der Waals surface area contributed by atoms with Crippen LogP contribution in [0.5, 0.6) is 0 Å². The van der Waals surface area contributed by atoms with E-state index in [-0.39, 0.29) is 24.3 Å². The zero-order valence-corrected chi connectivity index (χ0v) is 17.0. The molecular weight excluding hydrogens is 364 g/mol. The normalized spacial score (nSPS) is 17.8. The Morgan fingerprint density at radius 1 is 1.11 bits per heavy atom. The van der Waals surface area contributed by atoms with Crippen molar-refractivity contribution >= 4 is 34.1 Å². The second-order valence-corrected chi connectivity index (χ2v) is 8.32. The summed E-state index contributed by atoms with van der Waals surface area (Å²) < 4.78 is 5.19. The van der Waals surface area contributed by atoms with Crippen LogP contribution in [0.1, 0.15) is 77.5 Å². The van der Waals surface area contributed by atoms with Crippen molar-refractivity contribution in [1.82, 2.24) is 4.90 Å². The van der Waals surface area contributed by atoms with Crippen molar-refractivity contribution in [2.45, 2.75) is 58.8 Å². The highest BCUT2D eigenvalue weighted by atomic mass is 32.1. The van der Waals surface area contributed by atoms with Crippen LogP contribution in [0.4, 0.5) is 5.00 Å². The van der Waals surface area contributed by atoms with Gasteiger partial charge >= 0.3 is 5.97 Å². The summed E-state index contributed by atoms with van der Waals surface area (Å²) in [7, 11) is 0. The van der Waals surface area contributed by atoms with Crippen LogP contribution in [0.2, 0.25) is 0 Å². The Kier molecular flexibility index (Phi) is 6.52. The number of hydrogen-bond acceptors (Lipinski definition) is 5. The van der Waals surface area contributed by atoms with E-state index in [9.17, 15) is 14.4 Å². The van der Waals surface area contributed by atoms with Gasteiger partial charge in [0.1, 0.15) is 5.00 Å². The van der Waals surface area contributed by atoms with Crippen molar-refractivity contribution in [2.75, 3.05) is 25.0 Å². The molecule has 1 N–H and O–H groups in total. The summed E-state index contributed by atoms with van der Waals surface area (Å²) in [5.74, 6) is -0.611. The monoisotopic (exact) mass is 392 g/mol. The maximum Gasteiger partial charge on any atom is 0.341 e. The summed E-state index contributed by atoms with van der Waals surface area (Å²) in [5.41, 5.74) is 0.933. The van der Waals surface area contributed by atoms with Crippen LogP contribution in [0, 0.1) is 12.8 Å². The van der Waals surface area contributed by atoms with Crippen LogP contribution in [-0.4, -0.2) is 42.4 Å². The summed E-state index contributed by atoms with van der Waals surface area (Å²) >= 11 is 1.20. The number of hydrogen-bond donors (Lipinski definition) is 1. The maximum absolute atomic E-state index is 12.9. The fourth-order valence-corrected chi connectivity index (χ4v) is 5.06. The van der Waals surface area contributed by atoms with Gasteiger partial charge in [0.25, 0.3) is 5.91 Å². The molecule has 1 aliphatic heterocycles. The Morgan fingerprint density at radius 3 is 2.41 bits per heavy atom. The maximum atomic E-state index is 12.9. The van der Waals surface area contributed by atoms with E-state index in [0.717, 1.165) is 51.6 Å². The van der Waals surface area contributed by atoms with Gasteiger partial charge in [0.05, 0.1) is 17.0 Å². The van der Waals surface area contributed by atoms with Crippen LogP contribution < -0.4 is 5.32 Å². The van der Waals surface area contributed by atoms with Gasteiger partial charge in [0, 0.05) is 19.0 Å². The second-order valence-electron chi connectivity index (χ2n) is 7.30. The second kappa shape index (κ2) is 8.87. The SMILES string of the molecule is CCOC(=O)c1c(NC(=O)C2CCCCC2)sc(C(=O)N2CCCC2)c1C. The van der Waals surface area contributed by atoms with Crippen LogP contribution in [0.15, 0.2) is 0 Å². The predicted molar refractivity (Wildman–Crippen MR) is 105 cm³/mol. The van der Waals surface area contributed by atoms with Gasteiger partial charge in [0.2, 0.25) is 5.91 Å². The molecule has 0 radical (unpaired) electrons. The Hall–Kier alpha value is -1.89. The van der Waals surface area contributed by atoms with Gasteiger partial charge in [-0.2, -0.15) is 0 Å². The topological polar surface area (TPSA) is 75.7 Å². The van der Waals surface area contributed by atoms with Gasteiger partial charge in [0.15, 0.2) is 0 Å². The minimum Gasteiger partial charge on any atom is -0.462 e. The van der Waals surface area contributed by atoms with Crippen molar-refractivity contribution < 1.29 is 19.1 Å². The molecule has 0 spiro atoms. The first-order valence-electron chi connectivity index (χ1n) is 9.93. The van der Waals surface area contributed by atoms with Gasteiger partial charge < -0.3 is 15.0 Å². The highest BCUT2D eigenvalue weighted by Crippen LogP contribution is 2.36. The lowest BCUT2D eigenvalue weighted by molar-refractivity contribution is -0.120. The summed E-state index contributed by atoms with van der Waals surface area (Å²) in [6.07, 6.45) is 7.06. The number of nitrogens with zero attached hydrogens (tertiary/aromatic N) is 1. The van der Waals surface area contributed by atoms with E-state index in [1.54, 1.807) is 13.8 Å². The van der Waals surface area contributed by atoms with Gasteiger partial charge in [-0.25, -0.2) is 4.79 Å². The van der Waals surface area contributed by atoms with Crippen LogP contribution in [0.3, 0.4) is 0 Å².